The molecule has 7 heteroatoms. The molecule has 0 amide bonds. The maximum absolute atomic E-state index is 14.6. The summed E-state index contributed by atoms with van der Waals surface area (Å²) in [4.78, 5) is 15.3. The van der Waals surface area contributed by atoms with Gasteiger partial charge in [-0.25, -0.2) is 4.39 Å². The van der Waals surface area contributed by atoms with E-state index < -0.39 is 5.82 Å². The number of hydrogen-bond donors (Lipinski definition) is 0. The number of halogens is 1. The normalized spacial score (nSPS) is 14.2. The summed E-state index contributed by atoms with van der Waals surface area (Å²) < 4.78 is 23.5. The molecule has 0 radical (unpaired) electrons. The van der Waals surface area contributed by atoms with Crippen molar-refractivity contribution >= 4 is 10.9 Å². The average molecular weight is 447 g/mol. The molecule has 0 saturated carbocycles. The van der Waals surface area contributed by atoms with Crippen LogP contribution in [0.2, 0.25) is 0 Å². The van der Waals surface area contributed by atoms with E-state index in [2.05, 4.69) is 10.00 Å². The van der Waals surface area contributed by atoms with Crippen LogP contribution in [0.5, 0.6) is 5.75 Å². The highest BCUT2D eigenvalue weighted by Gasteiger charge is 2.13. The highest BCUT2D eigenvalue weighted by molar-refractivity contribution is 5.81. The van der Waals surface area contributed by atoms with Gasteiger partial charge in [0, 0.05) is 41.5 Å². The van der Waals surface area contributed by atoms with Gasteiger partial charge in [-0.3, -0.25) is 14.0 Å². The molecule has 1 fully saturated rings. The molecule has 1 aliphatic heterocycles. The molecule has 5 rings (SSSR count). The summed E-state index contributed by atoms with van der Waals surface area (Å²) >= 11 is 0. The Bertz CT molecular complexity index is 1340. The van der Waals surface area contributed by atoms with E-state index in [-0.39, 0.29) is 5.56 Å². The van der Waals surface area contributed by atoms with E-state index in [0.29, 0.717) is 23.5 Å². The largest absolute Gasteiger partial charge is 0.494 e. The van der Waals surface area contributed by atoms with Crippen molar-refractivity contribution in [2.45, 2.75) is 26.3 Å². The van der Waals surface area contributed by atoms with Gasteiger partial charge in [0.25, 0.3) is 5.56 Å². The number of hydrogen-bond acceptors (Lipinski definition) is 4. The minimum absolute atomic E-state index is 0.221. The van der Waals surface area contributed by atoms with Gasteiger partial charge in [0.1, 0.15) is 11.6 Å². The number of benzene rings is 2. The Morgan fingerprint density at radius 1 is 1.03 bits per heavy atom. The predicted molar refractivity (Wildman–Crippen MR) is 128 cm³/mol. The van der Waals surface area contributed by atoms with Gasteiger partial charge < -0.3 is 9.64 Å². The van der Waals surface area contributed by atoms with Crippen LogP contribution >= 0.6 is 0 Å². The Labute approximate surface area is 191 Å². The lowest BCUT2D eigenvalue weighted by Crippen LogP contribution is -2.24. The van der Waals surface area contributed by atoms with Crippen molar-refractivity contribution in [2.75, 3.05) is 26.2 Å². The molecule has 2 aromatic heterocycles. The lowest BCUT2D eigenvalue weighted by Gasteiger charge is -2.14. The Balaban J connectivity index is 1.39. The maximum atomic E-state index is 14.6. The summed E-state index contributed by atoms with van der Waals surface area (Å²) in [7, 11) is 0. The van der Waals surface area contributed by atoms with Gasteiger partial charge in [-0.2, -0.15) is 5.10 Å². The number of nitrogens with zero attached hydrogens (tertiary/aromatic N) is 4. The van der Waals surface area contributed by atoms with Gasteiger partial charge in [0.2, 0.25) is 0 Å². The second-order valence-corrected chi connectivity index (χ2v) is 8.36. The smallest absolute Gasteiger partial charge is 0.255 e. The summed E-state index contributed by atoms with van der Waals surface area (Å²) in [6.45, 7) is 6.51. The summed E-state index contributed by atoms with van der Waals surface area (Å²) in [5.74, 6) is 0.0576. The number of aromatic nitrogens is 3. The molecule has 4 aromatic rings. The van der Waals surface area contributed by atoms with Crippen molar-refractivity contribution in [1.82, 2.24) is 19.2 Å². The lowest BCUT2D eigenvalue weighted by atomic mass is 10.1. The summed E-state index contributed by atoms with van der Waals surface area (Å²) in [5.41, 5.74) is 2.50. The molecule has 0 N–H and O–H groups in total. The monoisotopic (exact) mass is 446 g/mol. The van der Waals surface area contributed by atoms with Crippen LogP contribution in [0.4, 0.5) is 4.39 Å². The standard InChI is InChI=1S/C26H27FN4O2/c1-2-33-22-6-7-23(24(27)17-22)19-9-12-30(26(32)16-19)21-5-8-25-20(15-21)18-28-31(25)14-13-29-10-3-4-11-29/h5-9,12,15-18H,2-4,10-11,13-14H2,1H3. The van der Waals surface area contributed by atoms with Gasteiger partial charge in [-0.15, -0.1) is 0 Å². The number of ether oxygens (including phenoxy) is 1. The summed E-state index contributed by atoms with van der Waals surface area (Å²) in [5, 5.41) is 5.54. The van der Waals surface area contributed by atoms with E-state index in [0.717, 1.165) is 29.7 Å². The van der Waals surface area contributed by atoms with E-state index in [1.165, 1.54) is 38.1 Å². The van der Waals surface area contributed by atoms with Crippen molar-refractivity contribution in [2.24, 2.45) is 0 Å². The molecule has 6 nitrogen and oxygen atoms in total. The minimum Gasteiger partial charge on any atom is -0.494 e. The van der Waals surface area contributed by atoms with Crippen LogP contribution in [0, 0.1) is 5.82 Å². The zero-order valence-electron chi connectivity index (χ0n) is 18.7. The quantitative estimate of drug-likeness (QED) is 0.420. The zero-order valence-corrected chi connectivity index (χ0v) is 18.7. The third-order valence-electron chi connectivity index (χ3n) is 6.21. The Kier molecular flexibility index (Phi) is 5.96. The van der Waals surface area contributed by atoms with Crippen molar-refractivity contribution in [3.05, 3.63) is 77.1 Å². The molecule has 33 heavy (non-hydrogen) atoms. The fourth-order valence-corrected chi connectivity index (χ4v) is 4.49. The van der Waals surface area contributed by atoms with Crippen LogP contribution < -0.4 is 10.3 Å². The fourth-order valence-electron chi connectivity index (χ4n) is 4.49. The molecule has 1 saturated heterocycles. The highest BCUT2D eigenvalue weighted by Crippen LogP contribution is 2.26. The van der Waals surface area contributed by atoms with Crippen LogP contribution in [-0.2, 0) is 6.54 Å². The first-order chi connectivity index (χ1) is 16.1. The molecule has 3 heterocycles. The molecule has 0 unspecified atom stereocenters. The third-order valence-corrected chi connectivity index (χ3v) is 6.21. The predicted octanol–water partition coefficient (Wildman–Crippen LogP) is 4.49. The van der Waals surface area contributed by atoms with Crippen LogP contribution in [-0.4, -0.2) is 45.5 Å². The highest BCUT2D eigenvalue weighted by atomic mass is 19.1. The molecule has 0 bridgehead atoms. The number of likely N-dealkylation sites (tertiary alicyclic amines) is 1. The van der Waals surface area contributed by atoms with Crippen LogP contribution in [0.25, 0.3) is 27.7 Å². The molecule has 2 aromatic carbocycles. The number of pyridine rings is 1. The number of fused-ring (bicyclic) bond motifs is 1. The minimum atomic E-state index is -0.416. The Morgan fingerprint density at radius 3 is 2.64 bits per heavy atom. The molecular weight excluding hydrogens is 419 g/mol. The first-order valence-corrected chi connectivity index (χ1v) is 11.5. The van der Waals surface area contributed by atoms with Gasteiger partial charge in [0.15, 0.2) is 0 Å². The van der Waals surface area contributed by atoms with Gasteiger partial charge >= 0.3 is 0 Å². The Hall–Kier alpha value is -3.45. The second kappa shape index (κ2) is 9.19. The van der Waals surface area contributed by atoms with E-state index in [4.69, 9.17) is 4.74 Å². The molecule has 0 spiro atoms. The zero-order chi connectivity index (χ0) is 22.8. The van der Waals surface area contributed by atoms with Gasteiger partial charge in [-0.05, 0) is 74.8 Å². The van der Waals surface area contributed by atoms with E-state index in [1.807, 2.05) is 36.0 Å². The first kappa shape index (κ1) is 21.4. The SMILES string of the molecule is CCOc1ccc(-c2ccn(-c3ccc4c(cnn4CCN4CCCC4)c3)c(=O)c2)c(F)c1. The van der Waals surface area contributed by atoms with Gasteiger partial charge in [0.05, 0.1) is 24.9 Å². The van der Waals surface area contributed by atoms with Crippen LogP contribution in [0.1, 0.15) is 19.8 Å². The lowest BCUT2D eigenvalue weighted by molar-refractivity contribution is 0.318. The maximum Gasteiger partial charge on any atom is 0.255 e. The molecule has 170 valence electrons. The molecule has 1 aliphatic rings. The van der Waals surface area contributed by atoms with Crippen molar-refractivity contribution in [3.8, 4) is 22.6 Å². The summed E-state index contributed by atoms with van der Waals surface area (Å²) in [6, 6.07) is 13.8. The summed E-state index contributed by atoms with van der Waals surface area (Å²) in [6.07, 6.45) is 6.09. The first-order valence-electron chi connectivity index (χ1n) is 11.5. The second-order valence-electron chi connectivity index (χ2n) is 8.36. The fraction of sp³-hybridized carbons (Fsp3) is 0.308. The van der Waals surface area contributed by atoms with Gasteiger partial charge in [-0.1, -0.05) is 0 Å². The van der Waals surface area contributed by atoms with E-state index in [9.17, 15) is 9.18 Å². The average Bonchev–Trinajstić information content (AvgIpc) is 3.47. The Morgan fingerprint density at radius 2 is 1.88 bits per heavy atom. The van der Waals surface area contributed by atoms with Crippen molar-refractivity contribution in [1.29, 1.82) is 0 Å². The molecule has 0 atom stereocenters. The van der Waals surface area contributed by atoms with E-state index >= 15 is 0 Å². The van der Waals surface area contributed by atoms with Crippen LogP contribution in [0.15, 0.2) is 65.7 Å². The van der Waals surface area contributed by atoms with E-state index in [1.54, 1.807) is 29.0 Å². The van der Waals surface area contributed by atoms with Crippen LogP contribution in [0.3, 0.4) is 0 Å². The van der Waals surface area contributed by atoms with Crippen molar-refractivity contribution < 1.29 is 9.13 Å². The molecular formula is C26H27FN4O2. The topological polar surface area (TPSA) is 52.3 Å². The van der Waals surface area contributed by atoms with Crippen molar-refractivity contribution in [3.63, 3.8) is 0 Å². The number of rotatable bonds is 7. The third kappa shape index (κ3) is 4.41. The molecule has 0 aliphatic carbocycles.